The van der Waals surface area contributed by atoms with Gasteiger partial charge in [-0.25, -0.2) is 0 Å². The number of rotatable bonds is 0. The minimum atomic E-state index is 0.551. The summed E-state index contributed by atoms with van der Waals surface area (Å²) < 4.78 is 0. The zero-order valence-electron chi connectivity index (χ0n) is 4.53. The normalized spacial score (nSPS) is 9.25. The van der Waals surface area contributed by atoms with Crippen molar-refractivity contribution in [3.63, 3.8) is 0 Å². The fourth-order valence-electron chi connectivity index (χ4n) is 0.438. The Morgan fingerprint density at radius 3 is 2.25 bits per heavy atom. The molecule has 0 saturated heterocycles. The molecule has 0 aliphatic carbocycles. The molecule has 0 nitrogen and oxygen atoms in total. The average Bonchev–Trinajstić information content (AvgIpc) is 1.77. The quantitative estimate of drug-likeness (QED) is 0.498. The van der Waals surface area contributed by atoms with Gasteiger partial charge in [0, 0.05) is 12.1 Å². The van der Waals surface area contributed by atoms with Crippen molar-refractivity contribution >= 4 is 11.6 Å². The summed E-state index contributed by atoms with van der Waals surface area (Å²) in [6.45, 7) is 1.98. The molecule has 1 aromatic rings. The van der Waals surface area contributed by atoms with Gasteiger partial charge in [-0.2, -0.15) is 0 Å². The standard InChI is InChI=1S/C7H5Cl/c1-6-2-4-7(8)5-3-6/h2-3H,1H3. The molecule has 1 rings (SSSR count). The summed E-state index contributed by atoms with van der Waals surface area (Å²) >= 11 is 5.50. The molecule has 0 amide bonds. The van der Waals surface area contributed by atoms with Crippen LogP contribution in [0.15, 0.2) is 12.1 Å². The van der Waals surface area contributed by atoms with Crippen molar-refractivity contribution in [3.8, 4) is 0 Å². The molecule has 1 aromatic carbocycles. The van der Waals surface area contributed by atoms with Gasteiger partial charge in [0.2, 0.25) is 0 Å². The molecule has 40 valence electrons. The van der Waals surface area contributed by atoms with E-state index in [1.165, 1.54) is 0 Å². The highest BCUT2D eigenvalue weighted by atomic mass is 35.5. The van der Waals surface area contributed by atoms with Crippen molar-refractivity contribution in [1.29, 1.82) is 0 Å². The summed E-state index contributed by atoms with van der Waals surface area (Å²) in [7, 11) is 0. The molecule has 0 aliphatic rings. The highest BCUT2D eigenvalue weighted by Crippen LogP contribution is 2.05. The van der Waals surface area contributed by atoms with Crippen molar-refractivity contribution in [1.82, 2.24) is 0 Å². The van der Waals surface area contributed by atoms with E-state index in [1.54, 1.807) is 0 Å². The first-order valence-corrected chi connectivity index (χ1v) is 2.72. The van der Waals surface area contributed by atoms with Crippen LogP contribution >= 0.6 is 11.6 Å². The average molecular weight is 125 g/mol. The number of hydrogen-bond acceptors (Lipinski definition) is 0. The molecule has 0 spiro atoms. The van der Waals surface area contributed by atoms with Crippen LogP contribution in [0.4, 0.5) is 0 Å². The molecule has 2 radical (unpaired) electrons. The van der Waals surface area contributed by atoms with Gasteiger partial charge in [0.05, 0.1) is 5.02 Å². The molecule has 0 saturated carbocycles. The summed E-state index contributed by atoms with van der Waals surface area (Å²) in [4.78, 5) is 0. The van der Waals surface area contributed by atoms with Gasteiger partial charge >= 0.3 is 0 Å². The fraction of sp³-hybridized carbons (Fsp3) is 0.143. The number of hydrogen-bond donors (Lipinski definition) is 0. The minimum Gasteiger partial charge on any atom is -0.0830 e. The van der Waals surface area contributed by atoms with E-state index in [1.807, 2.05) is 19.1 Å². The van der Waals surface area contributed by atoms with Crippen LogP contribution in [0, 0.1) is 19.1 Å². The lowest BCUT2D eigenvalue weighted by Crippen LogP contribution is -1.68. The molecule has 0 atom stereocenters. The van der Waals surface area contributed by atoms with Crippen molar-refractivity contribution in [2.45, 2.75) is 6.92 Å². The lowest BCUT2D eigenvalue weighted by molar-refractivity contribution is 1.46. The molecule has 0 aliphatic heterocycles. The highest BCUT2D eigenvalue weighted by molar-refractivity contribution is 6.30. The molecular weight excluding hydrogens is 120 g/mol. The van der Waals surface area contributed by atoms with Gasteiger partial charge < -0.3 is 0 Å². The van der Waals surface area contributed by atoms with Crippen LogP contribution in [-0.2, 0) is 0 Å². The molecule has 0 N–H and O–H groups in total. The number of halogens is 1. The molecule has 0 aromatic heterocycles. The third kappa shape index (κ3) is 1.24. The van der Waals surface area contributed by atoms with Crippen LogP contribution in [0.25, 0.3) is 0 Å². The molecular formula is C7H5Cl. The van der Waals surface area contributed by atoms with Gasteiger partial charge in [0.1, 0.15) is 0 Å². The predicted molar refractivity (Wildman–Crippen MR) is 33.9 cm³/mol. The Labute approximate surface area is 54.1 Å². The Morgan fingerprint density at radius 2 is 1.88 bits per heavy atom. The van der Waals surface area contributed by atoms with Crippen molar-refractivity contribution in [2.24, 2.45) is 0 Å². The van der Waals surface area contributed by atoms with Crippen molar-refractivity contribution < 1.29 is 0 Å². The van der Waals surface area contributed by atoms with E-state index in [0.717, 1.165) is 5.56 Å². The maximum absolute atomic E-state index is 5.50. The lowest BCUT2D eigenvalue weighted by Gasteiger charge is -1.86. The summed E-state index contributed by atoms with van der Waals surface area (Å²) in [5, 5.41) is 0.551. The first kappa shape index (κ1) is 5.64. The maximum Gasteiger partial charge on any atom is 0.0564 e. The van der Waals surface area contributed by atoms with Crippen LogP contribution < -0.4 is 0 Å². The highest BCUT2D eigenvalue weighted by Gasteiger charge is 1.83. The van der Waals surface area contributed by atoms with Crippen LogP contribution in [0.5, 0.6) is 0 Å². The summed E-state index contributed by atoms with van der Waals surface area (Å²) in [6.07, 6.45) is 0. The van der Waals surface area contributed by atoms with Gasteiger partial charge in [0.25, 0.3) is 0 Å². The molecule has 8 heavy (non-hydrogen) atoms. The smallest absolute Gasteiger partial charge is 0.0564 e. The minimum absolute atomic E-state index is 0.551. The summed E-state index contributed by atoms with van der Waals surface area (Å²) in [5.41, 5.74) is 1.13. The first-order valence-electron chi connectivity index (χ1n) is 2.34. The Balaban J connectivity index is 3.03. The van der Waals surface area contributed by atoms with Crippen molar-refractivity contribution in [3.05, 3.63) is 34.9 Å². The second-order valence-electron chi connectivity index (χ2n) is 1.64. The lowest BCUT2D eigenvalue weighted by atomic mass is 10.2. The second kappa shape index (κ2) is 2.19. The number of benzene rings is 1. The van der Waals surface area contributed by atoms with Gasteiger partial charge in [-0.15, -0.1) is 0 Å². The van der Waals surface area contributed by atoms with Crippen molar-refractivity contribution in [2.75, 3.05) is 0 Å². The largest absolute Gasteiger partial charge is 0.0830 e. The fourth-order valence-corrected chi connectivity index (χ4v) is 0.547. The van der Waals surface area contributed by atoms with Gasteiger partial charge in [0.15, 0.2) is 0 Å². The van der Waals surface area contributed by atoms with E-state index < -0.39 is 0 Å². The van der Waals surface area contributed by atoms with Crippen LogP contribution in [0.1, 0.15) is 5.56 Å². The first-order chi connectivity index (χ1) is 3.79. The maximum atomic E-state index is 5.50. The Hall–Kier alpha value is -0.490. The Bertz CT molecular complexity index is 143. The third-order valence-electron chi connectivity index (χ3n) is 0.853. The zero-order valence-corrected chi connectivity index (χ0v) is 5.29. The topological polar surface area (TPSA) is 0 Å². The Kier molecular flexibility index (Phi) is 1.54. The monoisotopic (exact) mass is 124 g/mol. The zero-order chi connectivity index (χ0) is 5.98. The van der Waals surface area contributed by atoms with E-state index >= 15 is 0 Å². The third-order valence-corrected chi connectivity index (χ3v) is 1.07. The molecule has 1 heteroatoms. The molecule has 0 fully saturated rings. The molecule has 0 unspecified atom stereocenters. The second-order valence-corrected chi connectivity index (χ2v) is 2.01. The van der Waals surface area contributed by atoms with E-state index in [4.69, 9.17) is 11.6 Å². The number of aryl methyl sites for hydroxylation is 1. The van der Waals surface area contributed by atoms with Crippen LogP contribution in [0.2, 0.25) is 5.02 Å². The Morgan fingerprint density at radius 1 is 1.38 bits per heavy atom. The van der Waals surface area contributed by atoms with E-state index in [0.29, 0.717) is 5.02 Å². The summed E-state index contributed by atoms with van der Waals surface area (Å²) in [6, 6.07) is 9.28. The van der Waals surface area contributed by atoms with Crippen LogP contribution in [0.3, 0.4) is 0 Å². The van der Waals surface area contributed by atoms with Crippen LogP contribution in [-0.4, -0.2) is 0 Å². The van der Waals surface area contributed by atoms with E-state index in [2.05, 4.69) is 12.1 Å². The summed E-state index contributed by atoms with van der Waals surface area (Å²) in [5.74, 6) is 0. The molecule has 0 bridgehead atoms. The molecule has 0 heterocycles. The van der Waals surface area contributed by atoms with Gasteiger partial charge in [-0.3, -0.25) is 0 Å². The van der Waals surface area contributed by atoms with E-state index in [9.17, 15) is 0 Å². The van der Waals surface area contributed by atoms with Gasteiger partial charge in [-0.1, -0.05) is 11.6 Å². The SMILES string of the molecule is Cc1c[c]c(Cl)[c]c1. The van der Waals surface area contributed by atoms with E-state index in [-0.39, 0.29) is 0 Å². The van der Waals surface area contributed by atoms with Gasteiger partial charge in [-0.05, 0) is 24.6 Å². The predicted octanol–water partition coefficient (Wildman–Crippen LogP) is 2.25.